The van der Waals surface area contributed by atoms with E-state index in [1.165, 1.54) is 5.56 Å². The maximum Gasteiger partial charge on any atom is 0.271 e. The molecule has 0 aromatic heterocycles. The van der Waals surface area contributed by atoms with Crippen molar-refractivity contribution in [1.29, 1.82) is 0 Å². The van der Waals surface area contributed by atoms with Gasteiger partial charge >= 0.3 is 0 Å². The second-order valence-corrected chi connectivity index (χ2v) is 5.04. The molecule has 0 bridgehead atoms. The highest BCUT2D eigenvalue weighted by molar-refractivity contribution is 9.10. The Morgan fingerprint density at radius 2 is 1.95 bits per heavy atom. The van der Waals surface area contributed by atoms with Crippen molar-refractivity contribution >= 4 is 28.1 Å². The second-order valence-electron chi connectivity index (χ2n) is 4.12. The summed E-state index contributed by atoms with van der Waals surface area (Å²) < 4.78 is 0.864. The van der Waals surface area contributed by atoms with E-state index < -0.39 is 0 Å². The number of hydrogen-bond acceptors (Lipinski definition) is 2. The van der Waals surface area contributed by atoms with Gasteiger partial charge in [-0.25, -0.2) is 5.43 Å². The molecule has 0 atom stereocenters. The van der Waals surface area contributed by atoms with Crippen LogP contribution in [0.5, 0.6) is 0 Å². The van der Waals surface area contributed by atoms with E-state index in [0.29, 0.717) is 5.56 Å². The molecular formula is C15H13BrN2O. The van der Waals surface area contributed by atoms with Crippen molar-refractivity contribution in [1.82, 2.24) is 5.43 Å². The Labute approximate surface area is 120 Å². The van der Waals surface area contributed by atoms with Gasteiger partial charge in [0, 0.05) is 10.0 Å². The Hall–Kier alpha value is -1.94. The van der Waals surface area contributed by atoms with Crippen molar-refractivity contribution in [2.45, 2.75) is 6.92 Å². The van der Waals surface area contributed by atoms with Crippen molar-refractivity contribution in [2.24, 2.45) is 5.10 Å². The van der Waals surface area contributed by atoms with Crippen LogP contribution in [0.15, 0.2) is 58.1 Å². The first-order chi connectivity index (χ1) is 9.15. The molecule has 0 fully saturated rings. The number of nitrogens with one attached hydrogen (secondary N) is 1. The van der Waals surface area contributed by atoms with E-state index in [0.717, 1.165) is 10.0 Å². The van der Waals surface area contributed by atoms with Gasteiger partial charge in [0.2, 0.25) is 0 Å². The molecule has 0 aliphatic heterocycles. The SMILES string of the molecule is Cc1ccc(/C=N\NC(=O)c2cccc(Br)c2)cc1. The van der Waals surface area contributed by atoms with E-state index >= 15 is 0 Å². The molecule has 2 rings (SSSR count). The number of amides is 1. The molecule has 0 unspecified atom stereocenters. The van der Waals surface area contributed by atoms with Crippen LogP contribution in [0.1, 0.15) is 21.5 Å². The fraction of sp³-hybridized carbons (Fsp3) is 0.0667. The summed E-state index contributed by atoms with van der Waals surface area (Å²) >= 11 is 3.32. The minimum atomic E-state index is -0.232. The summed E-state index contributed by atoms with van der Waals surface area (Å²) in [6.45, 7) is 2.02. The molecule has 0 aliphatic rings. The molecular weight excluding hydrogens is 304 g/mol. The smallest absolute Gasteiger partial charge is 0.267 e. The lowest BCUT2D eigenvalue weighted by Gasteiger charge is -2.00. The van der Waals surface area contributed by atoms with Crippen molar-refractivity contribution in [3.63, 3.8) is 0 Å². The predicted molar refractivity (Wildman–Crippen MR) is 80.4 cm³/mol. The number of rotatable bonds is 3. The normalized spacial score (nSPS) is 10.6. The quantitative estimate of drug-likeness (QED) is 0.683. The molecule has 0 heterocycles. The van der Waals surface area contributed by atoms with Crippen molar-refractivity contribution in [3.8, 4) is 0 Å². The molecule has 19 heavy (non-hydrogen) atoms. The van der Waals surface area contributed by atoms with E-state index in [4.69, 9.17) is 0 Å². The van der Waals surface area contributed by atoms with Crippen LogP contribution in [-0.2, 0) is 0 Å². The molecule has 2 aromatic carbocycles. The Kier molecular flexibility index (Phi) is 4.47. The maximum absolute atomic E-state index is 11.8. The van der Waals surface area contributed by atoms with Gasteiger partial charge in [0.25, 0.3) is 5.91 Å². The summed E-state index contributed by atoms with van der Waals surface area (Å²) in [6.07, 6.45) is 1.62. The van der Waals surface area contributed by atoms with Crippen LogP contribution in [0.3, 0.4) is 0 Å². The minimum Gasteiger partial charge on any atom is -0.267 e. The molecule has 0 saturated heterocycles. The third kappa shape index (κ3) is 4.03. The Morgan fingerprint density at radius 3 is 2.63 bits per heavy atom. The second kappa shape index (κ2) is 6.29. The standard InChI is InChI=1S/C15H13BrN2O/c1-11-5-7-12(8-6-11)10-17-18-15(19)13-3-2-4-14(16)9-13/h2-10H,1H3,(H,18,19)/b17-10-. The number of hydrogen-bond donors (Lipinski definition) is 1. The zero-order chi connectivity index (χ0) is 13.7. The van der Waals surface area contributed by atoms with Gasteiger partial charge in [-0.3, -0.25) is 4.79 Å². The monoisotopic (exact) mass is 316 g/mol. The first-order valence-corrected chi connectivity index (χ1v) is 6.60. The molecule has 1 amide bonds. The Balaban J connectivity index is 1.98. The number of carbonyl (C=O) groups is 1. The van der Waals surface area contributed by atoms with E-state index in [1.54, 1.807) is 18.3 Å². The van der Waals surface area contributed by atoms with Crippen LogP contribution in [0, 0.1) is 6.92 Å². The average Bonchev–Trinajstić information content (AvgIpc) is 2.41. The van der Waals surface area contributed by atoms with Gasteiger partial charge in [-0.15, -0.1) is 0 Å². The van der Waals surface area contributed by atoms with Crippen LogP contribution in [0.2, 0.25) is 0 Å². The number of halogens is 1. The summed E-state index contributed by atoms with van der Waals surface area (Å²) in [5.74, 6) is -0.232. The number of hydrazone groups is 1. The third-order valence-corrected chi connectivity index (χ3v) is 3.04. The van der Waals surface area contributed by atoms with Gasteiger partial charge in [-0.2, -0.15) is 5.10 Å². The highest BCUT2D eigenvalue weighted by atomic mass is 79.9. The molecule has 0 radical (unpaired) electrons. The molecule has 1 N–H and O–H groups in total. The molecule has 0 spiro atoms. The predicted octanol–water partition coefficient (Wildman–Crippen LogP) is 3.52. The van der Waals surface area contributed by atoms with Crippen molar-refractivity contribution in [2.75, 3.05) is 0 Å². The number of benzene rings is 2. The highest BCUT2D eigenvalue weighted by Crippen LogP contribution is 2.11. The lowest BCUT2D eigenvalue weighted by molar-refractivity contribution is 0.0955. The zero-order valence-corrected chi connectivity index (χ0v) is 12.0. The molecule has 96 valence electrons. The molecule has 2 aromatic rings. The summed E-state index contributed by atoms with van der Waals surface area (Å²) in [4.78, 5) is 11.8. The lowest BCUT2D eigenvalue weighted by atomic mass is 10.2. The summed E-state index contributed by atoms with van der Waals surface area (Å²) in [5, 5.41) is 3.94. The van der Waals surface area contributed by atoms with Crippen LogP contribution in [-0.4, -0.2) is 12.1 Å². The molecule has 0 aliphatic carbocycles. The fourth-order valence-electron chi connectivity index (χ4n) is 1.51. The average molecular weight is 317 g/mol. The van der Waals surface area contributed by atoms with Gasteiger partial charge < -0.3 is 0 Å². The maximum atomic E-state index is 11.8. The minimum absolute atomic E-state index is 0.232. The van der Waals surface area contributed by atoms with E-state index in [2.05, 4.69) is 26.5 Å². The number of nitrogens with zero attached hydrogens (tertiary/aromatic N) is 1. The van der Waals surface area contributed by atoms with E-state index in [9.17, 15) is 4.79 Å². The zero-order valence-electron chi connectivity index (χ0n) is 10.4. The largest absolute Gasteiger partial charge is 0.271 e. The Bertz CT molecular complexity index is 606. The lowest BCUT2D eigenvalue weighted by Crippen LogP contribution is -2.17. The van der Waals surface area contributed by atoms with Crippen LogP contribution < -0.4 is 5.43 Å². The van der Waals surface area contributed by atoms with Crippen molar-refractivity contribution < 1.29 is 4.79 Å². The first-order valence-electron chi connectivity index (χ1n) is 5.81. The molecule has 4 heteroatoms. The topological polar surface area (TPSA) is 41.5 Å². The molecule has 0 saturated carbocycles. The van der Waals surface area contributed by atoms with Crippen LogP contribution >= 0.6 is 15.9 Å². The van der Waals surface area contributed by atoms with E-state index in [-0.39, 0.29) is 5.91 Å². The van der Waals surface area contributed by atoms with Gasteiger partial charge in [-0.1, -0.05) is 51.8 Å². The summed E-state index contributed by atoms with van der Waals surface area (Å²) in [7, 11) is 0. The first kappa shape index (κ1) is 13.5. The van der Waals surface area contributed by atoms with Gasteiger partial charge in [0.1, 0.15) is 0 Å². The highest BCUT2D eigenvalue weighted by Gasteiger charge is 2.03. The van der Waals surface area contributed by atoms with E-state index in [1.807, 2.05) is 43.3 Å². The Morgan fingerprint density at radius 1 is 1.21 bits per heavy atom. The van der Waals surface area contributed by atoms with Crippen LogP contribution in [0.4, 0.5) is 0 Å². The van der Waals surface area contributed by atoms with Crippen molar-refractivity contribution in [3.05, 3.63) is 69.7 Å². The van der Waals surface area contributed by atoms with Gasteiger partial charge in [-0.05, 0) is 30.7 Å². The summed E-state index contributed by atoms with van der Waals surface area (Å²) in [6, 6.07) is 15.1. The number of aryl methyl sites for hydroxylation is 1. The van der Waals surface area contributed by atoms with Crippen LogP contribution in [0.25, 0.3) is 0 Å². The molecule has 3 nitrogen and oxygen atoms in total. The number of carbonyl (C=O) groups excluding carboxylic acids is 1. The van der Waals surface area contributed by atoms with Gasteiger partial charge in [0.15, 0.2) is 0 Å². The third-order valence-electron chi connectivity index (χ3n) is 2.54. The summed E-state index contributed by atoms with van der Waals surface area (Å²) in [5.41, 5.74) is 5.20. The fourth-order valence-corrected chi connectivity index (χ4v) is 1.91. The van der Waals surface area contributed by atoms with Gasteiger partial charge in [0.05, 0.1) is 6.21 Å².